The fourth-order valence-corrected chi connectivity index (χ4v) is 3.79. The molecular weight excluding hydrogens is 424 g/mol. The summed E-state index contributed by atoms with van der Waals surface area (Å²) in [5.41, 5.74) is 4.94. The smallest absolute Gasteiger partial charge is 0.468 e. The van der Waals surface area contributed by atoms with Gasteiger partial charge in [-0.1, -0.05) is 54.6 Å². The van der Waals surface area contributed by atoms with Crippen LogP contribution in [0.5, 0.6) is 11.8 Å². The molecule has 164 valence electrons. The van der Waals surface area contributed by atoms with Gasteiger partial charge in [0.1, 0.15) is 5.52 Å². The third kappa shape index (κ3) is 3.85. The van der Waals surface area contributed by atoms with Gasteiger partial charge in [0.05, 0.1) is 19.2 Å². The van der Waals surface area contributed by atoms with Crippen molar-refractivity contribution in [3.05, 3.63) is 72.3 Å². The Labute approximate surface area is 187 Å². The molecule has 5 rings (SSSR count). The number of H-pyrrole nitrogens is 1. The van der Waals surface area contributed by atoms with Gasteiger partial charge >= 0.3 is 6.16 Å². The fraction of sp³-hybridized carbons (Fsp3) is 0.0870. The lowest BCUT2D eigenvalue weighted by molar-refractivity contribution is 0.145. The number of rotatable bonds is 6. The molecule has 0 aliphatic rings. The Morgan fingerprint density at radius 3 is 2.52 bits per heavy atom. The zero-order valence-corrected chi connectivity index (χ0v) is 17.5. The number of ether oxygens (including phenoxy) is 2. The first-order valence-corrected chi connectivity index (χ1v) is 10.00. The third-order valence-corrected chi connectivity index (χ3v) is 5.19. The van der Waals surface area contributed by atoms with E-state index in [1.165, 1.54) is 7.11 Å². The highest BCUT2D eigenvalue weighted by atomic mass is 16.7. The molecule has 10 heteroatoms. The number of aromatic nitrogens is 6. The Morgan fingerprint density at radius 1 is 1.03 bits per heavy atom. The molecule has 5 aromatic rings. The van der Waals surface area contributed by atoms with E-state index in [1.807, 2.05) is 48.5 Å². The molecule has 0 atom stereocenters. The van der Waals surface area contributed by atoms with Crippen molar-refractivity contribution in [3.8, 4) is 34.3 Å². The monoisotopic (exact) mass is 442 g/mol. The van der Waals surface area contributed by atoms with Crippen LogP contribution in [-0.4, -0.2) is 48.5 Å². The molecule has 0 unspecified atom stereocenters. The Kier molecular flexibility index (Phi) is 5.15. The molecule has 2 aromatic heterocycles. The Morgan fingerprint density at radius 2 is 1.82 bits per heavy atom. The number of hydrogen-bond acceptors (Lipinski definition) is 7. The highest BCUT2D eigenvalue weighted by molar-refractivity contribution is 5.85. The number of benzene rings is 3. The van der Waals surface area contributed by atoms with Gasteiger partial charge in [0.2, 0.25) is 5.82 Å². The van der Waals surface area contributed by atoms with Gasteiger partial charge < -0.3 is 14.6 Å². The zero-order chi connectivity index (χ0) is 22.8. The number of carbonyl (C=O) groups is 1. The van der Waals surface area contributed by atoms with Crippen molar-refractivity contribution in [1.29, 1.82) is 0 Å². The van der Waals surface area contributed by atoms with Gasteiger partial charge in [-0.3, -0.25) is 4.57 Å². The minimum absolute atomic E-state index is 0.196. The van der Waals surface area contributed by atoms with Crippen molar-refractivity contribution in [3.63, 3.8) is 0 Å². The standard InChI is InChI=1S/C23H18N6O4/c1-32-22-24-18-7-4-8-19(33-23(30)31)20(18)29(22)13-14-9-11-15(12-10-14)16-5-2-3-6-17(16)21-25-27-28-26-21/h2-12H,13H2,1H3,(H,30,31)(H,25,26,27,28). The molecule has 0 saturated carbocycles. The molecule has 0 fully saturated rings. The van der Waals surface area contributed by atoms with E-state index in [0.29, 0.717) is 29.4 Å². The van der Waals surface area contributed by atoms with Crippen LogP contribution in [0.4, 0.5) is 4.79 Å². The van der Waals surface area contributed by atoms with E-state index in [1.54, 1.807) is 22.8 Å². The second-order valence-electron chi connectivity index (χ2n) is 7.15. The van der Waals surface area contributed by atoms with E-state index < -0.39 is 6.16 Å². The minimum Gasteiger partial charge on any atom is -0.468 e. The summed E-state index contributed by atoms with van der Waals surface area (Å²) in [5, 5.41) is 23.4. The Hall–Kier alpha value is -4.73. The van der Waals surface area contributed by atoms with Crippen molar-refractivity contribution < 1.29 is 19.4 Å². The molecule has 0 amide bonds. The molecule has 0 aliphatic carbocycles. The lowest BCUT2D eigenvalue weighted by Gasteiger charge is -2.11. The number of tetrazole rings is 1. The first kappa shape index (κ1) is 20.2. The highest BCUT2D eigenvalue weighted by Gasteiger charge is 2.18. The third-order valence-electron chi connectivity index (χ3n) is 5.19. The van der Waals surface area contributed by atoms with Crippen LogP contribution in [0.1, 0.15) is 5.56 Å². The van der Waals surface area contributed by atoms with Crippen LogP contribution in [0.15, 0.2) is 66.7 Å². The van der Waals surface area contributed by atoms with Crippen molar-refractivity contribution in [2.75, 3.05) is 7.11 Å². The van der Waals surface area contributed by atoms with Crippen LogP contribution in [0.2, 0.25) is 0 Å². The summed E-state index contributed by atoms with van der Waals surface area (Å²) in [4.78, 5) is 15.6. The number of aromatic amines is 1. The van der Waals surface area contributed by atoms with E-state index >= 15 is 0 Å². The summed E-state index contributed by atoms with van der Waals surface area (Å²) in [5.74, 6) is 0.719. The maximum atomic E-state index is 11.1. The van der Waals surface area contributed by atoms with Gasteiger partial charge in [0.25, 0.3) is 6.01 Å². The number of methoxy groups -OCH3 is 1. The van der Waals surface area contributed by atoms with Crippen LogP contribution < -0.4 is 9.47 Å². The van der Waals surface area contributed by atoms with Crippen molar-refractivity contribution >= 4 is 17.2 Å². The maximum Gasteiger partial charge on any atom is 0.511 e. The molecule has 0 aliphatic heterocycles. The van der Waals surface area contributed by atoms with Crippen LogP contribution in [0, 0.1) is 0 Å². The summed E-state index contributed by atoms with van der Waals surface area (Å²) in [6.07, 6.45) is -1.39. The highest BCUT2D eigenvalue weighted by Crippen LogP contribution is 2.32. The van der Waals surface area contributed by atoms with E-state index in [2.05, 4.69) is 25.6 Å². The topological polar surface area (TPSA) is 128 Å². The molecule has 33 heavy (non-hydrogen) atoms. The average molecular weight is 442 g/mol. The lowest BCUT2D eigenvalue weighted by Crippen LogP contribution is -2.07. The molecule has 0 spiro atoms. The van der Waals surface area contributed by atoms with Crippen LogP contribution >= 0.6 is 0 Å². The van der Waals surface area contributed by atoms with Gasteiger partial charge in [-0.25, -0.2) is 4.79 Å². The number of nitrogens with zero attached hydrogens (tertiary/aromatic N) is 5. The second-order valence-corrected chi connectivity index (χ2v) is 7.15. The summed E-state index contributed by atoms with van der Waals surface area (Å²) >= 11 is 0. The molecule has 0 saturated heterocycles. The molecule has 3 aromatic carbocycles. The van der Waals surface area contributed by atoms with E-state index in [9.17, 15) is 4.79 Å². The number of fused-ring (bicyclic) bond motifs is 1. The number of imidazole rings is 1. The number of hydrogen-bond donors (Lipinski definition) is 2. The number of para-hydroxylation sites is 1. The fourth-order valence-electron chi connectivity index (χ4n) is 3.79. The SMILES string of the molecule is COc1nc2cccc(OC(=O)O)c2n1Cc1ccc(-c2ccccc2-c2nn[nH]n2)cc1. The number of nitrogens with one attached hydrogen (secondary N) is 1. The second kappa shape index (κ2) is 8.42. The number of carboxylic acid groups (broad SMARTS) is 1. The molecule has 0 radical (unpaired) electrons. The zero-order valence-electron chi connectivity index (χ0n) is 17.5. The van der Waals surface area contributed by atoms with Crippen LogP contribution in [0.25, 0.3) is 33.5 Å². The largest absolute Gasteiger partial charge is 0.511 e. The molecule has 2 N–H and O–H groups in total. The van der Waals surface area contributed by atoms with Gasteiger partial charge in [-0.2, -0.15) is 10.2 Å². The predicted octanol–water partition coefficient (Wildman–Crippen LogP) is 4.00. The minimum atomic E-state index is -1.39. The molecule has 0 bridgehead atoms. The normalized spacial score (nSPS) is 10.9. The van der Waals surface area contributed by atoms with Gasteiger partial charge in [-0.15, -0.1) is 10.2 Å². The van der Waals surface area contributed by atoms with Gasteiger partial charge in [0, 0.05) is 5.56 Å². The molecule has 2 heterocycles. The predicted molar refractivity (Wildman–Crippen MR) is 119 cm³/mol. The van der Waals surface area contributed by atoms with Gasteiger partial charge in [-0.05, 0) is 34.0 Å². The maximum absolute atomic E-state index is 11.1. The Balaban J connectivity index is 1.51. The molecule has 10 nitrogen and oxygen atoms in total. The van der Waals surface area contributed by atoms with E-state index in [-0.39, 0.29) is 5.75 Å². The summed E-state index contributed by atoms with van der Waals surface area (Å²) in [7, 11) is 1.52. The average Bonchev–Trinajstić information content (AvgIpc) is 3.48. The van der Waals surface area contributed by atoms with Crippen LogP contribution in [0.3, 0.4) is 0 Å². The van der Waals surface area contributed by atoms with Gasteiger partial charge in [0.15, 0.2) is 5.75 Å². The first-order valence-electron chi connectivity index (χ1n) is 10.00. The summed E-state index contributed by atoms with van der Waals surface area (Å²) < 4.78 is 12.2. The quantitative estimate of drug-likeness (QED) is 0.298. The van der Waals surface area contributed by atoms with E-state index in [0.717, 1.165) is 22.3 Å². The molecular formula is C23H18N6O4. The first-order chi connectivity index (χ1) is 16.1. The summed E-state index contributed by atoms with van der Waals surface area (Å²) in [6, 6.07) is 21.3. The van der Waals surface area contributed by atoms with Crippen molar-refractivity contribution in [2.45, 2.75) is 6.54 Å². The lowest BCUT2D eigenvalue weighted by atomic mass is 9.98. The van der Waals surface area contributed by atoms with Crippen LogP contribution in [-0.2, 0) is 6.54 Å². The van der Waals surface area contributed by atoms with Crippen molar-refractivity contribution in [2.24, 2.45) is 0 Å². The Bertz CT molecular complexity index is 1430. The summed E-state index contributed by atoms with van der Waals surface area (Å²) in [6.45, 7) is 0.409. The van der Waals surface area contributed by atoms with Crippen molar-refractivity contribution in [1.82, 2.24) is 30.2 Å². The van der Waals surface area contributed by atoms with E-state index in [4.69, 9.17) is 14.6 Å².